The standard InChI is InChI=1S/C13H21N3O2S/c1-8(2)7-10(12(17)18)14-13-15-11(16-19-13)9-5-3-4-6-9/h8-10H,3-7H2,1-2H3,(H,17,18)(H,14,15,16). The van der Waals surface area contributed by atoms with Gasteiger partial charge in [-0.2, -0.15) is 4.37 Å². The minimum atomic E-state index is -0.827. The minimum Gasteiger partial charge on any atom is -0.480 e. The molecule has 1 heterocycles. The molecular weight excluding hydrogens is 262 g/mol. The SMILES string of the molecule is CC(C)CC(Nc1nc(C2CCCC2)ns1)C(=O)O. The molecule has 1 aromatic heterocycles. The summed E-state index contributed by atoms with van der Waals surface area (Å²) in [6.07, 6.45) is 5.40. The van der Waals surface area contributed by atoms with Gasteiger partial charge < -0.3 is 10.4 Å². The summed E-state index contributed by atoms with van der Waals surface area (Å²) < 4.78 is 4.36. The lowest BCUT2D eigenvalue weighted by Crippen LogP contribution is -2.30. The van der Waals surface area contributed by atoms with Gasteiger partial charge in [-0.25, -0.2) is 9.78 Å². The van der Waals surface area contributed by atoms with Crippen LogP contribution in [0.15, 0.2) is 0 Å². The first-order chi connectivity index (χ1) is 9.06. The first kappa shape index (κ1) is 14.2. The fourth-order valence-electron chi connectivity index (χ4n) is 2.49. The number of rotatable bonds is 6. The van der Waals surface area contributed by atoms with Crippen molar-refractivity contribution in [1.82, 2.24) is 9.36 Å². The van der Waals surface area contributed by atoms with Crippen LogP contribution in [0.5, 0.6) is 0 Å². The molecule has 1 aliphatic rings. The highest BCUT2D eigenvalue weighted by Crippen LogP contribution is 2.33. The van der Waals surface area contributed by atoms with Gasteiger partial charge in [0.2, 0.25) is 5.13 Å². The maximum absolute atomic E-state index is 11.2. The van der Waals surface area contributed by atoms with E-state index in [0.717, 1.165) is 18.7 Å². The molecule has 0 saturated heterocycles. The van der Waals surface area contributed by atoms with Crippen LogP contribution in [0.3, 0.4) is 0 Å². The van der Waals surface area contributed by atoms with E-state index < -0.39 is 12.0 Å². The summed E-state index contributed by atoms with van der Waals surface area (Å²) in [5.41, 5.74) is 0. The Morgan fingerprint density at radius 2 is 2.16 bits per heavy atom. The van der Waals surface area contributed by atoms with Gasteiger partial charge in [-0.1, -0.05) is 26.7 Å². The number of anilines is 1. The Morgan fingerprint density at radius 3 is 2.74 bits per heavy atom. The second-order valence-corrected chi connectivity index (χ2v) is 6.36. The van der Waals surface area contributed by atoms with E-state index in [9.17, 15) is 9.90 Å². The predicted molar refractivity (Wildman–Crippen MR) is 75.6 cm³/mol. The molecule has 6 heteroatoms. The zero-order valence-corrected chi connectivity index (χ0v) is 12.2. The van der Waals surface area contributed by atoms with Crippen LogP contribution in [0.1, 0.15) is 57.7 Å². The molecular formula is C13H21N3O2S. The number of aliphatic carboxylic acids is 1. The van der Waals surface area contributed by atoms with Gasteiger partial charge in [0.1, 0.15) is 11.9 Å². The molecule has 5 nitrogen and oxygen atoms in total. The summed E-state index contributed by atoms with van der Waals surface area (Å²) >= 11 is 1.27. The van der Waals surface area contributed by atoms with Gasteiger partial charge in [0.15, 0.2) is 0 Å². The highest BCUT2D eigenvalue weighted by atomic mass is 32.1. The number of nitrogens with one attached hydrogen (secondary N) is 1. The second-order valence-electron chi connectivity index (χ2n) is 5.60. The van der Waals surface area contributed by atoms with E-state index in [1.807, 2.05) is 13.8 Å². The summed E-state index contributed by atoms with van der Waals surface area (Å²) in [5.74, 6) is 0.862. The smallest absolute Gasteiger partial charge is 0.326 e. The fraction of sp³-hybridized carbons (Fsp3) is 0.769. The van der Waals surface area contributed by atoms with Gasteiger partial charge in [-0.15, -0.1) is 0 Å². The fourth-order valence-corrected chi connectivity index (χ4v) is 3.18. The molecule has 1 unspecified atom stereocenters. The van der Waals surface area contributed by atoms with Crippen molar-refractivity contribution in [3.63, 3.8) is 0 Å². The summed E-state index contributed by atoms with van der Waals surface area (Å²) in [4.78, 5) is 15.7. The van der Waals surface area contributed by atoms with E-state index in [2.05, 4.69) is 14.7 Å². The Morgan fingerprint density at radius 1 is 1.47 bits per heavy atom. The number of carboxylic acids is 1. The first-order valence-electron chi connectivity index (χ1n) is 6.89. The summed E-state index contributed by atoms with van der Waals surface area (Å²) in [6, 6.07) is -0.579. The number of hydrogen-bond acceptors (Lipinski definition) is 5. The molecule has 2 rings (SSSR count). The number of carboxylic acid groups (broad SMARTS) is 1. The zero-order valence-electron chi connectivity index (χ0n) is 11.4. The third kappa shape index (κ3) is 3.89. The van der Waals surface area contributed by atoms with Crippen LogP contribution in [0.2, 0.25) is 0 Å². The Hall–Kier alpha value is -1.17. The van der Waals surface area contributed by atoms with Gasteiger partial charge in [0, 0.05) is 17.5 Å². The van der Waals surface area contributed by atoms with Crippen LogP contribution >= 0.6 is 11.5 Å². The van der Waals surface area contributed by atoms with Crippen molar-refractivity contribution in [3.05, 3.63) is 5.82 Å². The van der Waals surface area contributed by atoms with Gasteiger partial charge in [0.25, 0.3) is 0 Å². The van der Waals surface area contributed by atoms with Gasteiger partial charge in [-0.3, -0.25) is 0 Å². The van der Waals surface area contributed by atoms with E-state index in [-0.39, 0.29) is 0 Å². The molecule has 106 valence electrons. The van der Waals surface area contributed by atoms with E-state index in [1.165, 1.54) is 24.4 Å². The van der Waals surface area contributed by atoms with E-state index >= 15 is 0 Å². The molecule has 19 heavy (non-hydrogen) atoms. The molecule has 1 fully saturated rings. The largest absolute Gasteiger partial charge is 0.480 e. The average molecular weight is 283 g/mol. The van der Waals surface area contributed by atoms with Crippen molar-refractivity contribution in [2.45, 2.75) is 57.9 Å². The minimum absolute atomic E-state index is 0.329. The van der Waals surface area contributed by atoms with Crippen LogP contribution in [0.25, 0.3) is 0 Å². The lowest BCUT2D eigenvalue weighted by Gasteiger charge is -2.15. The van der Waals surface area contributed by atoms with Crippen LogP contribution in [-0.2, 0) is 4.79 Å². The van der Waals surface area contributed by atoms with Crippen molar-refractivity contribution in [1.29, 1.82) is 0 Å². The summed E-state index contributed by atoms with van der Waals surface area (Å²) in [6.45, 7) is 4.03. The molecule has 2 N–H and O–H groups in total. The summed E-state index contributed by atoms with van der Waals surface area (Å²) in [5, 5.41) is 12.8. The quantitative estimate of drug-likeness (QED) is 0.839. The lowest BCUT2D eigenvalue weighted by molar-refractivity contribution is -0.138. The van der Waals surface area contributed by atoms with Crippen LogP contribution < -0.4 is 5.32 Å². The third-order valence-electron chi connectivity index (χ3n) is 3.46. The van der Waals surface area contributed by atoms with Gasteiger partial charge in [-0.05, 0) is 25.2 Å². The molecule has 1 aromatic rings. The highest BCUT2D eigenvalue weighted by Gasteiger charge is 2.24. The number of nitrogens with zero attached hydrogens (tertiary/aromatic N) is 2. The molecule has 0 amide bonds. The molecule has 0 bridgehead atoms. The van der Waals surface area contributed by atoms with Crippen molar-refractivity contribution < 1.29 is 9.90 Å². The molecule has 1 aliphatic carbocycles. The molecule has 0 spiro atoms. The van der Waals surface area contributed by atoms with Crippen molar-refractivity contribution in [2.24, 2.45) is 5.92 Å². The van der Waals surface area contributed by atoms with Crippen LogP contribution in [-0.4, -0.2) is 26.5 Å². The third-order valence-corrected chi connectivity index (χ3v) is 4.13. The summed E-state index contributed by atoms with van der Waals surface area (Å²) in [7, 11) is 0. The number of aromatic nitrogens is 2. The van der Waals surface area contributed by atoms with Crippen LogP contribution in [0, 0.1) is 5.92 Å². The number of hydrogen-bond donors (Lipinski definition) is 2. The normalized spacial score (nSPS) is 17.8. The van der Waals surface area contributed by atoms with E-state index in [0.29, 0.717) is 23.4 Å². The Balaban J connectivity index is 1.99. The Labute approximate surface area is 117 Å². The van der Waals surface area contributed by atoms with E-state index in [4.69, 9.17) is 0 Å². The number of carbonyl (C=O) groups is 1. The molecule has 0 aliphatic heterocycles. The maximum atomic E-state index is 11.2. The van der Waals surface area contributed by atoms with Gasteiger partial charge >= 0.3 is 5.97 Å². The molecule has 1 saturated carbocycles. The Bertz CT molecular complexity index is 427. The average Bonchev–Trinajstić information content (AvgIpc) is 2.97. The Kier molecular flexibility index (Phi) is 4.74. The predicted octanol–water partition coefficient (Wildman–Crippen LogP) is 3.11. The van der Waals surface area contributed by atoms with E-state index in [1.54, 1.807) is 0 Å². The molecule has 0 radical (unpaired) electrons. The molecule has 0 aromatic carbocycles. The zero-order chi connectivity index (χ0) is 13.8. The highest BCUT2D eigenvalue weighted by molar-refractivity contribution is 7.09. The second kappa shape index (κ2) is 6.32. The van der Waals surface area contributed by atoms with Gasteiger partial charge in [0.05, 0.1) is 0 Å². The van der Waals surface area contributed by atoms with Crippen molar-refractivity contribution in [2.75, 3.05) is 5.32 Å². The molecule has 1 atom stereocenters. The van der Waals surface area contributed by atoms with Crippen molar-refractivity contribution >= 4 is 22.6 Å². The maximum Gasteiger partial charge on any atom is 0.326 e. The van der Waals surface area contributed by atoms with Crippen LogP contribution in [0.4, 0.5) is 5.13 Å². The monoisotopic (exact) mass is 283 g/mol. The van der Waals surface area contributed by atoms with Crippen molar-refractivity contribution in [3.8, 4) is 0 Å². The topological polar surface area (TPSA) is 75.1 Å². The lowest BCUT2D eigenvalue weighted by atomic mass is 10.0. The first-order valence-corrected chi connectivity index (χ1v) is 7.66.